The van der Waals surface area contributed by atoms with Gasteiger partial charge in [-0.15, -0.1) is 11.3 Å². The Morgan fingerprint density at radius 3 is 3.18 bits per heavy atom. The normalized spacial score (nSPS) is 9.91. The number of hydrogen-bond donors (Lipinski definition) is 0. The smallest absolute Gasteiger partial charge is 0.161 e. The molecule has 60 valence electrons. The molecule has 0 unspecified atom stereocenters. The lowest BCUT2D eigenvalue weighted by atomic mass is 10.5. The molecular weight excluding hydrogens is 162 g/mol. The van der Waals surface area contributed by atoms with Gasteiger partial charge in [0.25, 0.3) is 0 Å². The van der Waals surface area contributed by atoms with Crippen molar-refractivity contribution in [2.45, 2.75) is 6.42 Å². The average Bonchev–Trinajstić information content (AvgIpc) is 2.48. The molecule has 0 aliphatic rings. The molecule has 1 rings (SSSR count). The van der Waals surface area contributed by atoms with Crippen LogP contribution >= 0.6 is 11.3 Å². The zero-order valence-electron chi connectivity index (χ0n) is 6.24. The van der Waals surface area contributed by atoms with Crippen molar-refractivity contribution in [2.75, 3.05) is 13.7 Å². The van der Waals surface area contributed by atoms with Gasteiger partial charge in [-0.25, -0.2) is 4.98 Å². The molecule has 0 amide bonds. The molecule has 11 heavy (non-hydrogen) atoms. The lowest BCUT2D eigenvalue weighted by Crippen LogP contribution is -1.92. The second kappa shape index (κ2) is 4.20. The van der Waals surface area contributed by atoms with Gasteiger partial charge in [0, 0.05) is 19.7 Å². The summed E-state index contributed by atoms with van der Waals surface area (Å²) in [4.78, 5) is 14.9. The fraction of sp³-hybridized carbons (Fsp3) is 0.429. The third-order valence-electron chi connectivity index (χ3n) is 1.21. The molecule has 1 aromatic rings. The number of nitrogens with zero attached hydrogens (tertiary/aromatic N) is 1. The van der Waals surface area contributed by atoms with Gasteiger partial charge in [-0.3, -0.25) is 4.79 Å². The second-order valence-corrected chi connectivity index (χ2v) is 3.16. The number of aromatic nitrogens is 1. The third-order valence-corrected chi connectivity index (χ3v) is 2.19. The fourth-order valence-corrected chi connectivity index (χ4v) is 1.40. The van der Waals surface area contributed by atoms with Crippen LogP contribution in [0.4, 0.5) is 0 Å². The minimum Gasteiger partial charge on any atom is -0.384 e. The van der Waals surface area contributed by atoms with E-state index in [0.29, 0.717) is 11.5 Å². The topological polar surface area (TPSA) is 39.2 Å². The largest absolute Gasteiger partial charge is 0.384 e. The molecule has 0 saturated heterocycles. The SMILES string of the molecule is COCCc1ncc(C=O)s1. The van der Waals surface area contributed by atoms with Gasteiger partial charge in [-0.05, 0) is 0 Å². The lowest BCUT2D eigenvalue weighted by Gasteiger charge is -1.91. The molecule has 1 heterocycles. The van der Waals surface area contributed by atoms with Crippen LogP contribution in [0.5, 0.6) is 0 Å². The summed E-state index contributed by atoms with van der Waals surface area (Å²) in [6.07, 6.45) is 3.19. The maximum Gasteiger partial charge on any atom is 0.161 e. The van der Waals surface area contributed by atoms with E-state index in [1.807, 2.05) is 0 Å². The monoisotopic (exact) mass is 171 g/mol. The number of carbonyl (C=O) groups excluding carboxylic acids is 1. The third kappa shape index (κ3) is 2.40. The number of methoxy groups -OCH3 is 1. The molecule has 0 aliphatic heterocycles. The van der Waals surface area contributed by atoms with Gasteiger partial charge >= 0.3 is 0 Å². The maximum atomic E-state index is 10.2. The van der Waals surface area contributed by atoms with Gasteiger partial charge in [0.1, 0.15) is 0 Å². The first kappa shape index (κ1) is 8.36. The van der Waals surface area contributed by atoms with Crippen molar-refractivity contribution in [3.05, 3.63) is 16.1 Å². The summed E-state index contributed by atoms with van der Waals surface area (Å²) >= 11 is 1.41. The maximum absolute atomic E-state index is 10.2. The van der Waals surface area contributed by atoms with Crippen LogP contribution in [0, 0.1) is 0 Å². The van der Waals surface area contributed by atoms with E-state index in [0.717, 1.165) is 17.7 Å². The molecule has 0 aliphatic carbocycles. The highest BCUT2D eigenvalue weighted by Gasteiger charge is 1.99. The predicted octanol–water partition coefficient (Wildman–Crippen LogP) is 1.14. The minimum atomic E-state index is 0.659. The van der Waals surface area contributed by atoms with Gasteiger partial charge in [0.15, 0.2) is 6.29 Å². The molecule has 0 atom stereocenters. The van der Waals surface area contributed by atoms with E-state index in [2.05, 4.69) is 4.98 Å². The van der Waals surface area contributed by atoms with Crippen molar-refractivity contribution < 1.29 is 9.53 Å². The molecule has 0 N–H and O–H groups in total. The van der Waals surface area contributed by atoms with Crippen molar-refractivity contribution in [3.8, 4) is 0 Å². The summed E-state index contributed by atoms with van der Waals surface area (Å²) in [6, 6.07) is 0. The van der Waals surface area contributed by atoms with Crippen LogP contribution in [0.25, 0.3) is 0 Å². The zero-order chi connectivity index (χ0) is 8.10. The number of aldehydes is 1. The Bertz CT molecular complexity index is 234. The van der Waals surface area contributed by atoms with Crippen molar-refractivity contribution in [1.29, 1.82) is 0 Å². The second-order valence-electron chi connectivity index (χ2n) is 2.02. The Balaban J connectivity index is 2.51. The molecule has 0 spiro atoms. The predicted molar refractivity (Wildman–Crippen MR) is 43.1 cm³/mol. The van der Waals surface area contributed by atoms with Crippen LogP contribution in [0.3, 0.4) is 0 Å². The minimum absolute atomic E-state index is 0.659. The van der Waals surface area contributed by atoms with Crippen LogP contribution in [0.15, 0.2) is 6.20 Å². The van der Waals surface area contributed by atoms with Gasteiger partial charge < -0.3 is 4.74 Å². The van der Waals surface area contributed by atoms with Crippen LogP contribution in [-0.4, -0.2) is 25.0 Å². The van der Waals surface area contributed by atoms with Crippen molar-refractivity contribution in [3.63, 3.8) is 0 Å². The summed E-state index contributed by atoms with van der Waals surface area (Å²) in [5.74, 6) is 0. The standard InChI is InChI=1S/C7H9NO2S/c1-10-3-2-7-8-4-6(5-9)11-7/h4-5H,2-3H2,1H3. The molecule has 1 aromatic heterocycles. The Kier molecular flexibility index (Phi) is 3.19. The van der Waals surface area contributed by atoms with E-state index in [1.54, 1.807) is 13.3 Å². The Labute approximate surface area is 69.0 Å². The van der Waals surface area contributed by atoms with E-state index in [9.17, 15) is 4.79 Å². The van der Waals surface area contributed by atoms with Gasteiger partial charge in [0.2, 0.25) is 0 Å². The Morgan fingerprint density at radius 2 is 2.64 bits per heavy atom. The van der Waals surface area contributed by atoms with Crippen LogP contribution < -0.4 is 0 Å². The fourth-order valence-electron chi connectivity index (χ4n) is 0.684. The quantitative estimate of drug-likeness (QED) is 0.638. The summed E-state index contributed by atoms with van der Waals surface area (Å²) < 4.78 is 4.87. The first-order valence-electron chi connectivity index (χ1n) is 3.25. The number of ether oxygens (including phenoxy) is 1. The first-order valence-corrected chi connectivity index (χ1v) is 4.07. The van der Waals surface area contributed by atoms with E-state index in [-0.39, 0.29) is 0 Å². The van der Waals surface area contributed by atoms with Crippen LogP contribution in [0.1, 0.15) is 14.7 Å². The average molecular weight is 171 g/mol. The molecule has 0 radical (unpaired) electrons. The van der Waals surface area contributed by atoms with Gasteiger partial charge in [0.05, 0.1) is 16.5 Å². The van der Waals surface area contributed by atoms with Crippen molar-refractivity contribution >= 4 is 17.6 Å². The molecule has 3 nitrogen and oxygen atoms in total. The Hall–Kier alpha value is -0.740. The first-order chi connectivity index (χ1) is 5.36. The van der Waals surface area contributed by atoms with Crippen molar-refractivity contribution in [1.82, 2.24) is 4.98 Å². The van der Waals surface area contributed by atoms with E-state index in [4.69, 9.17) is 4.74 Å². The van der Waals surface area contributed by atoms with Crippen molar-refractivity contribution in [2.24, 2.45) is 0 Å². The number of thiazole rings is 1. The summed E-state index contributed by atoms with van der Waals surface area (Å²) in [5, 5.41) is 0.953. The number of rotatable bonds is 4. The van der Waals surface area contributed by atoms with E-state index >= 15 is 0 Å². The highest BCUT2D eigenvalue weighted by Crippen LogP contribution is 2.10. The van der Waals surface area contributed by atoms with Crippen LogP contribution in [-0.2, 0) is 11.2 Å². The lowest BCUT2D eigenvalue weighted by molar-refractivity contribution is 0.112. The highest BCUT2D eigenvalue weighted by molar-refractivity contribution is 7.13. The molecule has 4 heteroatoms. The molecular formula is C7H9NO2S. The zero-order valence-corrected chi connectivity index (χ0v) is 7.06. The van der Waals surface area contributed by atoms with E-state index in [1.165, 1.54) is 11.3 Å². The summed E-state index contributed by atoms with van der Waals surface area (Å²) in [7, 11) is 1.65. The van der Waals surface area contributed by atoms with Gasteiger partial charge in [-0.1, -0.05) is 0 Å². The summed E-state index contributed by atoms with van der Waals surface area (Å²) in [5.41, 5.74) is 0. The summed E-state index contributed by atoms with van der Waals surface area (Å²) in [6.45, 7) is 0.659. The van der Waals surface area contributed by atoms with Crippen LogP contribution in [0.2, 0.25) is 0 Å². The molecule has 0 aromatic carbocycles. The van der Waals surface area contributed by atoms with E-state index < -0.39 is 0 Å². The van der Waals surface area contributed by atoms with Gasteiger partial charge in [-0.2, -0.15) is 0 Å². The molecule has 0 bridgehead atoms. The number of hydrogen-bond acceptors (Lipinski definition) is 4. The highest BCUT2D eigenvalue weighted by atomic mass is 32.1. The molecule has 0 fully saturated rings. The molecule has 0 saturated carbocycles. The Morgan fingerprint density at radius 1 is 1.82 bits per heavy atom. The number of carbonyl (C=O) groups is 1.